The third-order valence-corrected chi connectivity index (χ3v) is 6.65. The van der Waals surface area contributed by atoms with E-state index in [2.05, 4.69) is 5.32 Å². The zero-order chi connectivity index (χ0) is 20.2. The van der Waals surface area contributed by atoms with Crippen LogP contribution in [-0.4, -0.2) is 86.6 Å². The number of aliphatic hydroxyl groups is 1. The van der Waals surface area contributed by atoms with Gasteiger partial charge in [0.15, 0.2) is 9.84 Å². The van der Waals surface area contributed by atoms with E-state index in [9.17, 15) is 18.3 Å². The van der Waals surface area contributed by atoms with Crippen LogP contribution >= 0.6 is 0 Å². The first-order chi connectivity index (χ1) is 12.6. The molecule has 1 aromatic rings. The third-order valence-electron chi connectivity index (χ3n) is 4.95. The number of amides is 1. The first kappa shape index (κ1) is 21.8. The van der Waals surface area contributed by atoms with Crippen molar-refractivity contribution < 1.29 is 18.3 Å². The van der Waals surface area contributed by atoms with Gasteiger partial charge in [0.2, 0.25) is 5.91 Å². The summed E-state index contributed by atoms with van der Waals surface area (Å²) in [6, 6.07) is 5.35. The quantitative estimate of drug-likeness (QED) is 0.665. The number of carbonyl (C=O) groups excluding carboxylic acids is 1. The summed E-state index contributed by atoms with van der Waals surface area (Å²) in [6.07, 6.45) is -0.157. The highest BCUT2D eigenvalue weighted by Crippen LogP contribution is 2.22. The lowest BCUT2D eigenvalue weighted by Crippen LogP contribution is -2.49. The number of hydrogen-bond acceptors (Lipinski definition) is 6. The lowest BCUT2D eigenvalue weighted by Gasteiger charge is -2.30. The summed E-state index contributed by atoms with van der Waals surface area (Å²) in [4.78, 5) is 16.5. The molecule has 0 saturated carbocycles. The molecule has 1 saturated heterocycles. The fourth-order valence-electron chi connectivity index (χ4n) is 3.42. The minimum atomic E-state index is -3.28. The van der Waals surface area contributed by atoms with E-state index in [1.54, 1.807) is 4.90 Å². The Morgan fingerprint density at radius 2 is 1.96 bits per heavy atom. The van der Waals surface area contributed by atoms with Crippen LogP contribution in [-0.2, 0) is 21.1 Å². The summed E-state index contributed by atoms with van der Waals surface area (Å²) in [5.74, 6) is -0.552. The van der Waals surface area contributed by atoms with E-state index >= 15 is 0 Å². The molecule has 1 aromatic carbocycles. The van der Waals surface area contributed by atoms with Crippen LogP contribution in [0.2, 0.25) is 0 Å². The van der Waals surface area contributed by atoms with E-state index < -0.39 is 22.0 Å². The molecule has 1 amide bonds. The van der Waals surface area contributed by atoms with Gasteiger partial charge in [0, 0.05) is 18.8 Å². The van der Waals surface area contributed by atoms with Gasteiger partial charge in [-0.2, -0.15) is 0 Å². The van der Waals surface area contributed by atoms with Crippen molar-refractivity contribution in [3.8, 4) is 0 Å². The Labute approximate surface area is 162 Å². The van der Waals surface area contributed by atoms with Gasteiger partial charge in [-0.25, -0.2) is 8.42 Å². The first-order valence-corrected chi connectivity index (χ1v) is 11.1. The molecular formula is C19H31N3O4S. The largest absolute Gasteiger partial charge is 0.390 e. The number of para-hydroxylation sites is 1. The minimum Gasteiger partial charge on any atom is -0.390 e. The van der Waals surface area contributed by atoms with Gasteiger partial charge < -0.3 is 15.3 Å². The van der Waals surface area contributed by atoms with Gasteiger partial charge in [0.05, 0.1) is 30.2 Å². The monoisotopic (exact) mass is 397 g/mol. The predicted octanol–water partition coefficient (Wildman–Crippen LogP) is 0.517. The Kier molecular flexibility index (Phi) is 7.39. The number of rotatable bonds is 8. The zero-order valence-corrected chi connectivity index (χ0v) is 17.4. The molecule has 27 heavy (non-hydrogen) atoms. The molecule has 2 N–H and O–H groups in total. The van der Waals surface area contributed by atoms with Crippen molar-refractivity contribution in [3.63, 3.8) is 0 Å². The van der Waals surface area contributed by atoms with Gasteiger partial charge in [-0.1, -0.05) is 25.1 Å². The van der Waals surface area contributed by atoms with Crippen LogP contribution in [0.4, 0.5) is 5.69 Å². The molecule has 152 valence electrons. The molecule has 0 radical (unpaired) electrons. The van der Waals surface area contributed by atoms with E-state index in [0.717, 1.165) is 23.2 Å². The number of sulfone groups is 1. The maximum atomic E-state index is 12.7. The lowest BCUT2D eigenvalue weighted by atomic mass is 10.1. The van der Waals surface area contributed by atoms with Crippen LogP contribution < -0.4 is 5.32 Å². The fraction of sp³-hybridized carbons (Fsp3) is 0.632. The van der Waals surface area contributed by atoms with Gasteiger partial charge >= 0.3 is 0 Å². The van der Waals surface area contributed by atoms with Gasteiger partial charge in [-0.05, 0) is 38.6 Å². The van der Waals surface area contributed by atoms with Crippen LogP contribution in [0.25, 0.3) is 0 Å². The van der Waals surface area contributed by atoms with Gasteiger partial charge in [-0.15, -0.1) is 0 Å². The average molecular weight is 398 g/mol. The number of aryl methyl sites for hydroxylation is 2. The van der Waals surface area contributed by atoms with E-state index in [1.807, 2.05) is 51.0 Å². The molecule has 1 heterocycles. The zero-order valence-electron chi connectivity index (χ0n) is 16.6. The number of benzene rings is 1. The number of aliphatic hydroxyl groups excluding tert-OH is 1. The molecule has 8 heteroatoms. The number of likely N-dealkylation sites (N-methyl/N-ethyl adjacent to an activating group) is 1. The third kappa shape index (κ3) is 6.00. The molecule has 0 spiro atoms. The predicted molar refractivity (Wildman–Crippen MR) is 108 cm³/mol. The SMILES string of the molecule is CCc1cccc(C)c1NC(=O)CN(CCN(C)C)C1CS(=O)(=O)CC1O. The Bertz CT molecular complexity index is 764. The second-order valence-electron chi connectivity index (χ2n) is 7.50. The molecule has 1 aliphatic heterocycles. The standard InChI is InChI=1S/C19H31N3O4S/c1-5-15-8-6-7-14(2)19(15)20-18(24)11-22(10-9-21(3)4)16-12-27(25,26)13-17(16)23/h6-8,16-17,23H,5,9-13H2,1-4H3,(H,20,24). The normalized spacial score (nSPS) is 21.7. The number of anilines is 1. The van der Waals surface area contributed by atoms with Gasteiger partial charge in [-0.3, -0.25) is 9.69 Å². The average Bonchev–Trinajstić information content (AvgIpc) is 2.85. The molecule has 2 rings (SSSR count). The minimum absolute atomic E-state index is 0.0442. The van der Waals surface area contributed by atoms with Crippen LogP contribution in [0.15, 0.2) is 18.2 Å². The van der Waals surface area contributed by atoms with Crippen molar-refractivity contribution in [1.82, 2.24) is 9.80 Å². The second kappa shape index (κ2) is 9.14. The Balaban J connectivity index is 2.14. The number of carbonyl (C=O) groups is 1. The molecular weight excluding hydrogens is 366 g/mol. The Hall–Kier alpha value is -1.48. The van der Waals surface area contributed by atoms with Crippen molar-refractivity contribution in [2.45, 2.75) is 32.4 Å². The topological polar surface area (TPSA) is 90.0 Å². The summed E-state index contributed by atoms with van der Waals surface area (Å²) in [6.45, 7) is 5.20. The Morgan fingerprint density at radius 3 is 2.52 bits per heavy atom. The highest BCUT2D eigenvalue weighted by atomic mass is 32.2. The van der Waals surface area contributed by atoms with Crippen LogP contribution in [0.3, 0.4) is 0 Å². The molecule has 7 nitrogen and oxygen atoms in total. The molecule has 0 aromatic heterocycles. The first-order valence-electron chi connectivity index (χ1n) is 9.28. The second-order valence-corrected chi connectivity index (χ2v) is 9.65. The maximum Gasteiger partial charge on any atom is 0.238 e. The van der Waals surface area contributed by atoms with Crippen LogP contribution in [0, 0.1) is 6.92 Å². The fourth-order valence-corrected chi connectivity index (χ4v) is 5.25. The highest BCUT2D eigenvalue weighted by molar-refractivity contribution is 7.91. The van der Waals surface area contributed by atoms with E-state index in [0.29, 0.717) is 13.1 Å². The van der Waals surface area contributed by atoms with Crippen molar-refractivity contribution in [2.24, 2.45) is 0 Å². The molecule has 1 fully saturated rings. The number of nitrogens with zero attached hydrogens (tertiary/aromatic N) is 2. The van der Waals surface area contributed by atoms with Crippen molar-refractivity contribution in [3.05, 3.63) is 29.3 Å². The molecule has 1 aliphatic rings. The molecule has 2 unspecified atom stereocenters. The smallest absolute Gasteiger partial charge is 0.238 e. The van der Waals surface area contributed by atoms with E-state index in [-0.39, 0.29) is 24.0 Å². The van der Waals surface area contributed by atoms with Crippen LogP contribution in [0.5, 0.6) is 0 Å². The van der Waals surface area contributed by atoms with E-state index in [1.165, 1.54) is 0 Å². The summed E-state index contributed by atoms with van der Waals surface area (Å²) < 4.78 is 23.8. The number of hydrogen-bond donors (Lipinski definition) is 2. The summed E-state index contributed by atoms with van der Waals surface area (Å²) >= 11 is 0. The molecule has 0 aliphatic carbocycles. The lowest BCUT2D eigenvalue weighted by molar-refractivity contribution is -0.118. The summed E-state index contributed by atoms with van der Waals surface area (Å²) in [7, 11) is 0.558. The molecule has 2 atom stereocenters. The van der Waals surface area contributed by atoms with Crippen LogP contribution in [0.1, 0.15) is 18.1 Å². The number of nitrogens with one attached hydrogen (secondary N) is 1. The van der Waals surface area contributed by atoms with Gasteiger partial charge in [0.25, 0.3) is 0 Å². The maximum absolute atomic E-state index is 12.7. The van der Waals surface area contributed by atoms with Crippen molar-refractivity contribution >= 4 is 21.4 Å². The van der Waals surface area contributed by atoms with Crippen molar-refractivity contribution in [1.29, 1.82) is 0 Å². The summed E-state index contributed by atoms with van der Waals surface area (Å²) in [5.41, 5.74) is 2.87. The Morgan fingerprint density at radius 1 is 1.26 bits per heavy atom. The summed E-state index contributed by atoms with van der Waals surface area (Å²) in [5, 5.41) is 13.2. The highest BCUT2D eigenvalue weighted by Gasteiger charge is 2.40. The van der Waals surface area contributed by atoms with Crippen molar-refractivity contribution in [2.75, 3.05) is 50.6 Å². The molecule has 0 bridgehead atoms. The van der Waals surface area contributed by atoms with E-state index in [4.69, 9.17) is 0 Å². The van der Waals surface area contributed by atoms with Gasteiger partial charge in [0.1, 0.15) is 0 Å².